The number of rotatable bonds is 3. The predicted octanol–water partition coefficient (Wildman–Crippen LogP) is 1.97. The van der Waals surface area contributed by atoms with Gasteiger partial charge in [0.15, 0.2) is 0 Å². The van der Waals surface area contributed by atoms with Crippen LogP contribution in [0.4, 0.5) is 0 Å². The first-order chi connectivity index (χ1) is 9.56. The lowest BCUT2D eigenvalue weighted by Crippen LogP contribution is -2.41. The van der Waals surface area contributed by atoms with Gasteiger partial charge >= 0.3 is 0 Å². The zero-order chi connectivity index (χ0) is 14.3. The quantitative estimate of drug-likeness (QED) is 0.845. The molecule has 1 amide bonds. The Morgan fingerprint density at radius 3 is 2.85 bits per heavy atom. The van der Waals surface area contributed by atoms with Gasteiger partial charge in [0.2, 0.25) is 5.91 Å². The average molecular weight is 273 g/mol. The van der Waals surface area contributed by atoms with Crippen LogP contribution in [0.2, 0.25) is 0 Å². The molecule has 2 atom stereocenters. The van der Waals surface area contributed by atoms with Gasteiger partial charge in [-0.05, 0) is 39.3 Å². The number of fused-ring (bicyclic) bond motifs is 1. The van der Waals surface area contributed by atoms with Crippen LogP contribution < -0.4 is 0 Å². The van der Waals surface area contributed by atoms with Crippen LogP contribution in [0, 0.1) is 6.92 Å². The highest BCUT2D eigenvalue weighted by molar-refractivity contribution is 5.80. The van der Waals surface area contributed by atoms with Crippen molar-refractivity contribution in [3.8, 4) is 0 Å². The highest BCUT2D eigenvalue weighted by atomic mass is 16.2. The summed E-state index contributed by atoms with van der Waals surface area (Å²) in [5.74, 6) is 0.317. The third-order valence-corrected chi connectivity index (χ3v) is 4.52. The standard InChI is InChI=1S/C16H23N3O/c1-11(2)19-14-7-8-18(15(14)9-16(19)20)10-13-6-4-5-12(3)17-13/h4-6,11,14-15H,7-10H2,1-3H3/t14-,15+/m0/s1. The van der Waals surface area contributed by atoms with E-state index in [1.807, 2.05) is 13.0 Å². The molecule has 0 aromatic carbocycles. The van der Waals surface area contributed by atoms with Gasteiger partial charge in [-0.25, -0.2) is 0 Å². The van der Waals surface area contributed by atoms with Crippen molar-refractivity contribution >= 4 is 5.91 Å². The molecule has 1 aromatic heterocycles. The summed E-state index contributed by atoms with van der Waals surface area (Å²) in [6, 6.07) is 7.27. The summed E-state index contributed by atoms with van der Waals surface area (Å²) in [7, 11) is 0. The fourth-order valence-corrected chi connectivity index (χ4v) is 3.72. The summed E-state index contributed by atoms with van der Waals surface area (Å²) >= 11 is 0. The van der Waals surface area contributed by atoms with E-state index < -0.39 is 0 Å². The predicted molar refractivity (Wildman–Crippen MR) is 78.2 cm³/mol. The van der Waals surface area contributed by atoms with Crippen molar-refractivity contribution in [2.75, 3.05) is 6.54 Å². The second-order valence-electron chi connectivity index (χ2n) is 6.26. The highest BCUT2D eigenvalue weighted by Crippen LogP contribution is 2.34. The van der Waals surface area contributed by atoms with E-state index in [1.54, 1.807) is 0 Å². The summed E-state index contributed by atoms with van der Waals surface area (Å²) in [5, 5.41) is 0. The van der Waals surface area contributed by atoms with E-state index in [1.165, 1.54) is 0 Å². The molecule has 0 bridgehead atoms. The molecule has 0 spiro atoms. The summed E-state index contributed by atoms with van der Waals surface area (Å²) in [6.45, 7) is 8.19. The van der Waals surface area contributed by atoms with Crippen LogP contribution in [-0.2, 0) is 11.3 Å². The van der Waals surface area contributed by atoms with E-state index >= 15 is 0 Å². The minimum Gasteiger partial charge on any atom is -0.336 e. The molecule has 0 unspecified atom stereocenters. The summed E-state index contributed by atoms with van der Waals surface area (Å²) < 4.78 is 0. The number of aryl methyl sites for hydroxylation is 1. The monoisotopic (exact) mass is 273 g/mol. The number of hydrogen-bond acceptors (Lipinski definition) is 3. The van der Waals surface area contributed by atoms with E-state index in [-0.39, 0.29) is 0 Å². The molecule has 4 nitrogen and oxygen atoms in total. The van der Waals surface area contributed by atoms with E-state index in [0.29, 0.717) is 30.5 Å². The molecule has 3 rings (SSSR count). The molecule has 2 fully saturated rings. The number of pyridine rings is 1. The molecule has 2 aliphatic rings. The van der Waals surface area contributed by atoms with E-state index in [4.69, 9.17) is 0 Å². The van der Waals surface area contributed by atoms with Crippen molar-refractivity contribution in [2.24, 2.45) is 0 Å². The first-order valence-electron chi connectivity index (χ1n) is 7.54. The van der Waals surface area contributed by atoms with Gasteiger partial charge in [-0.15, -0.1) is 0 Å². The maximum Gasteiger partial charge on any atom is 0.224 e. The summed E-state index contributed by atoms with van der Waals surface area (Å²) in [4.78, 5) is 21.3. The molecule has 4 heteroatoms. The largest absolute Gasteiger partial charge is 0.336 e. The van der Waals surface area contributed by atoms with Crippen LogP contribution in [0.15, 0.2) is 18.2 Å². The Labute approximate surface area is 120 Å². The average Bonchev–Trinajstić information content (AvgIpc) is 2.88. The molecule has 2 aliphatic heterocycles. The van der Waals surface area contributed by atoms with Crippen molar-refractivity contribution in [3.63, 3.8) is 0 Å². The van der Waals surface area contributed by atoms with Crippen LogP contribution in [0.1, 0.15) is 38.1 Å². The smallest absolute Gasteiger partial charge is 0.224 e. The van der Waals surface area contributed by atoms with Gasteiger partial charge in [-0.3, -0.25) is 14.7 Å². The lowest BCUT2D eigenvalue weighted by atomic mass is 10.1. The Morgan fingerprint density at radius 2 is 2.15 bits per heavy atom. The molecule has 3 heterocycles. The van der Waals surface area contributed by atoms with Gasteiger partial charge in [0.1, 0.15) is 0 Å². The maximum atomic E-state index is 12.2. The van der Waals surface area contributed by atoms with Crippen molar-refractivity contribution in [3.05, 3.63) is 29.6 Å². The lowest BCUT2D eigenvalue weighted by Gasteiger charge is -2.28. The van der Waals surface area contributed by atoms with E-state index in [0.717, 1.165) is 30.9 Å². The van der Waals surface area contributed by atoms with Crippen LogP contribution in [0.25, 0.3) is 0 Å². The third-order valence-electron chi connectivity index (χ3n) is 4.52. The molecule has 0 N–H and O–H groups in total. The summed E-state index contributed by atoms with van der Waals surface area (Å²) in [5.41, 5.74) is 2.17. The highest BCUT2D eigenvalue weighted by Gasteiger charge is 2.47. The number of aromatic nitrogens is 1. The van der Waals surface area contributed by atoms with E-state index in [9.17, 15) is 4.79 Å². The third kappa shape index (κ3) is 2.33. The number of carbonyl (C=O) groups excluding carboxylic acids is 1. The normalized spacial score (nSPS) is 26.6. The second kappa shape index (κ2) is 5.17. The van der Waals surface area contributed by atoms with Crippen LogP contribution >= 0.6 is 0 Å². The molecule has 0 aliphatic carbocycles. The fraction of sp³-hybridized carbons (Fsp3) is 0.625. The first-order valence-corrected chi connectivity index (χ1v) is 7.54. The zero-order valence-electron chi connectivity index (χ0n) is 12.5. The van der Waals surface area contributed by atoms with Crippen LogP contribution in [-0.4, -0.2) is 45.4 Å². The topological polar surface area (TPSA) is 36.4 Å². The summed E-state index contributed by atoms with van der Waals surface area (Å²) in [6.07, 6.45) is 1.77. The Kier molecular flexibility index (Phi) is 3.50. The zero-order valence-corrected chi connectivity index (χ0v) is 12.5. The van der Waals surface area contributed by atoms with E-state index in [2.05, 4.69) is 40.8 Å². The molecule has 0 radical (unpaired) electrons. The number of carbonyl (C=O) groups is 1. The SMILES string of the molecule is Cc1cccc(CN2CC[C@H]3[C@H]2CC(=O)N3C(C)C)n1. The van der Waals surface area contributed by atoms with Gasteiger partial charge in [-0.2, -0.15) is 0 Å². The Bertz CT molecular complexity index is 514. The van der Waals surface area contributed by atoms with Gasteiger partial charge in [0.05, 0.1) is 5.69 Å². The lowest BCUT2D eigenvalue weighted by molar-refractivity contribution is -0.130. The van der Waals surface area contributed by atoms with Gasteiger partial charge in [-0.1, -0.05) is 6.07 Å². The van der Waals surface area contributed by atoms with Crippen LogP contribution in [0.5, 0.6) is 0 Å². The van der Waals surface area contributed by atoms with Crippen molar-refractivity contribution in [1.82, 2.24) is 14.8 Å². The molecule has 20 heavy (non-hydrogen) atoms. The van der Waals surface area contributed by atoms with Crippen molar-refractivity contribution < 1.29 is 4.79 Å². The molecular formula is C16H23N3O. The molecule has 0 saturated carbocycles. The second-order valence-corrected chi connectivity index (χ2v) is 6.26. The van der Waals surface area contributed by atoms with Gasteiger partial charge in [0.25, 0.3) is 0 Å². The number of likely N-dealkylation sites (tertiary alicyclic amines) is 2. The number of amides is 1. The molecule has 1 aromatic rings. The molecule has 108 valence electrons. The minimum absolute atomic E-state index is 0.314. The van der Waals surface area contributed by atoms with Crippen LogP contribution in [0.3, 0.4) is 0 Å². The van der Waals surface area contributed by atoms with Crippen molar-refractivity contribution in [1.29, 1.82) is 0 Å². The maximum absolute atomic E-state index is 12.2. The number of hydrogen-bond donors (Lipinski definition) is 0. The van der Waals surface area contributed by atoms with Crippen molar-refractivity contribution in [2.45, 2.75) is 58.3 Å². The number of nitrogens with zero attached hydrogens (tertiary/aromatic N) is 3. The Hall–Kier alpha value is -1.42. The minimum atomic E-state index is 0.314. The Morgan fingerprint density at radius 1 is 1.35 bits per heavy atom. The Balaban J connectivity index is 1.73. The first kappa shape index (κ1) is 13.6. The van der Waals surface area contributed by atoms with Gasteiger partial charge in [0, 0.05) is 43.3 Å². The fourth-order valence-electron chi connectivity index (χ4n) is 3.72. The van der Waals surface area contributed by atoms with Gasteiger partial charge < -0.3 is 4.90 Å². The molecule has 2 saturated heterocycles. The molecular weight excluding hydrogens is 250 g/mol.